The molecular weight excluding hydrogens is 314 g/mol. The molecule has 1 fully saturated rings. The van der Waals surface area contributed by atoms with Gasteiger partial charge in [-0.2, -0.15) is 0 Å². The molecule has 0 saturated carbocycles. The highest BCUT2D eigenvalue weighted by molar-refractivity contribution is 5.82. The molecule has 0 radical (unpaired) electrons. The maximum atomic E-state index is 11.8. The molecule has 0 aromatic heterocycles. The van der Waals surface area contributed by atoms with E-state index in [0.29, 0.717) is 5.56 Å². The fraction of sp³-hybridized carbons (Fsp3) is 0.500. The van der Waals surface area contributed by atoms with Gasteiger partial charge in [-0.05, 0) is 12.8 Å². The second-order valence-corrected chi connectivity index (χ2v) is 5.76. The Kier molecular flexibility index (Phi) is 6.11. The van der Waals surface area contributed by atoms with E-state index in [0.717, 1.165) is 25.9 Å². The van der Waals surface area contributed by atoms with Crippen LogP contribution < -0.4 is 5.32 Å². The van der Waals surface area contributed by atoms with E-state index >= 15 is 0 Å². The molecule has 1 aliphatic rings. The molecule has 0 bridgehead atoms. The van der Waals surface area contributed by atoms with E-state index in [1.807, 2.05) is 0 Å². The van der Waals surface area contributed by atoms with Crippen LogP contribution in [0, 0.1) is 10.1 Å². The van der Waals surface area contributed by atoms with E-state index < -0.39 is 11.0 Å². The Morgan fingerprint density at radius 1 is 1.33 bits per heavy atom. The Bertz CT molecular complexity index is 613. The molecule has 1 saturated heterocycles. The average Bonchev–Trinajstić information content (AvgIpc) is 3.12. The molecule has 2 amide bonds. The van der Waals surface area contributed by atoms with Crippen LogP contribution >= 0.6 is 0 Å². The number of amides is 2. The number of carbonyl (C=O) groups excluding carboxylic acids is 2. The molecule has 8 nitrogen and oxygen atoms in total. The minimum atomic E-state index is -0.701. The third-order valence-electron chi connectivity index (χ3n) is 3.97. The largest absolute Gasteiger partial charge is 0.449 e. The smallest absolute Gasteiger partial charge is 0.407 e. The molecule has 2 rings (SSSR count). The molecule has 1 atom stereocenters. The van der Waals surface area contributed by atoms with Crippen LogP contribution in [0.15, 0.2) is 24.3 Å². The van der Waals surface area contributed by atoms with Crippen molar-refractivity contribution in [2.75, 3.05) is 26.2 Å². The molecule has 1 aromatic carbocycles. The molecule has 130 valence electrons. The molecule has 0 spiro atoms. The van der Waals surface area contributed by atoms with Crippen molar-refractivity contribution in [2.24, 2.45) is 0 Å². The lowest BCUT2D eigenvalue weighted by Gasteiger charge is -2.16. The number of carbonyl (C=O) groups is 2. The van der Waals surface area contributed by atoms with Crippen LogP contribution in [0.5, 0.6) is 0 Å². The monoisotopic (exact) mass is 335 g/mol. The number of alkyl carbamates (subject to hydrolysis) is 1. The summed E-state index contributed by atoms with van der Waals surface area (Å²) in [5, 5.41) is 13.4. The first-order valence-corrected chi connectivity index (χ1v) is 7.90. The van der Waals surface area contributed by atoms with Crippen molar-refractivity contribution < 1.29 is 19.2 Å². The van der Waals surface area contributed by atoms with E-state index in [-0.39, 0.29) is 30.7 Å². The zero-order chi connectivity index (χ0) is 17.5. The van der Waals surface area contributed by atoms with Crippen molar-refractivity contribution in [3.63, 3.8) is 0 Å². The van der Waals surface area contributed by atoms with Crippen LogP contribution in [0.3, 0.4) is 0 Å². The molecule has 1 heterocycles. The summed E-state index contributed by atoms with van der Waals surface area (Å²) in [4.78, 5) is 35.7. The Morgan fingerprint density at radius 2 is 2.00 bits per heavy atom. The van der Waals surface area contributed by atoms with Gasteiger partial charge in [0.1, 0.15) is 13.2 Å². The van der Waals surface area contributed by atoms with Gasteiger partial charge in [0.2, 0.25) is 5.91 Å². The van der Waals surface area contributed by atoms with Gasteiger partial charge < -0.3 is 15.0 Å². The number of ether oxygens (including phenoxy) is 1. The summed E-state index contributed by atoms with van der Waals surface area (Å²) in [6.07, 6.45) is 1.28. The summed E-state index contributed by atoms with van der Waals surface area (Å²) >= 11 is 0. The molecule has 1 N–H and O–H groups in total. The van der Waals surface area contributed by atoms with Crippen molar-refractivity contribution in [3.05, 3.63) is 39.9 Å². The number of para-hydroxylation sites is 1. The third kappa shape index (κ3) is 4.68. The highest BCUT2D eigenvalue weighted by Crippen LogP contribution is 2.26. The molecule has 0 aliphatic carbocycles. The second-order valence-electron chi connectivity index (χ2n) is 5.76. The highest BCUT2D eigenvalue weighted by atomic mass is 16.6. The third-order valence-corrected chi connectivity index (χ3v) is 3.97. The van der Waals surface area contributed by atoms with Crippen LogP contribution in [0.4, 0.5) is 10.5 Å². The first-order chi connectivity index (χ1) is 11.5. The summed E-state index contributed by atoms with van der Waals surface area (Å²) < 4.78 is 5.06. The molecule has 1 aliphatic heterocycles. The lowest BCUT2D eigenvalue weighted by Crippen LogP contribution is -2.39. The van der Waals surface area contributed by atoms with E-state index in [2.05, 4.69) is 5.32 Å². The van der Waals surface area contributed by atoms with Crippen LogP contribution in [0.2, 0.25) is 0 Å². The summed E-state index contributed by atoms with van der Waals surface area (Å²) in [7, 11) is 0. The number of hydrogen-bond acceptors (Lipinski definition) is 5. The van der Waals surface area contributed by atoms with Crippen LogP contribution in [0.25, 0.3) is 0 Å². The van der Waals surface area contributed by atoms with E-state index in [1.165, 1.54) is 6.07 Å². The maximum Gasteiger partial charge on any atom is 0.407 e. The predicted octanol–water partition coefficient (Wildman–Crippen LogP) is 2.05. The fourth-order valence-corrected chi connectivity index (χ4v) is 2.64. The normalized spacial score (nSPS) is 15.0. The summed E-state index contributed by atoms with van der Waals surface area (Å²) in [5.74, 6) is -0.456. The summed E-state index contributed by atoms with van der Waals surface area (Å²) in [6, 6.07) is 6.35. The Balaban J connectivity index is 1.79. The SMILES string of the molecule is CC(COC(=O)NCC(=O)N1CCCC1)c1ccccc1[N+](=O)[O-]. The van der Waals surface area contributed by atoms with E-state index in [1.54, 1.807) is 30.0 Å². The molecule has 1 aromatic rings. The molecule has 1 unspecified atom stereocenters. The van der Waals surface area contributed by atoms with Gasteiger partial charge in [-0.25, -0.2) is 4.79 Å². The number of nitrogens with one attached hydrogen (secondary N) is 1. The minimum absolute atomic E-state index is 0.00165. The summed E-state index contributed by atoms with van der Waals surface area (Å²) in [6.45, 7) is 3.09. The standard InChI is InChI=1S/C16H21N3O5/c1-12(13-6-2-3-7-14(13)19(22)23)11-24-16(21)17-10-15(20)18-8-4-5-9-18/h2-3,6-7,12H,4-5,8-11H2,1H3,(H,17,21). The van der Waals surface area contributed by atoms with Gasteiger partial charge in [0.25, 0.3) is 5.69 Å². The molecular formula is C16H21N3O5. The van der Waals surface area contributed by atoms with Crippen LogP contribution in [-0.4, -0.2) is 48.1 Å². The lowest BCUT2D eigenvalue weighted by atomic mass is 10.0. The van der Waals surface area contributed by atoms with Gasteiger partial charge in [-0.1, -0.05) is 25.1 Å². The number of benzene rings is 1. The Morgan fingerprint density at radius 3 is 2.67 bits per heavy atom. The first-order valence-electron chi connectivity index (χ1n) is 7.90. The van der Waals surface area contributed by atoms with Crippen molar-refractivity contribution in [1.82, 2.24) is 10.2 Å². The molecule has 24 heavy (non-hydrogen) atoms. The number of nitrogens with zero attached hydrogens (tertiary/aromatic N) is 2. The second kappa shape index (κ2) is 8.28. The van der Waals surface area contributed by atoms with Gasteiger partial charge in [0.15, 0.2) is 0 Å². The van der Waals surface area contributed by atoms with Crippen molar-refractivity contribution in [1.29, 1.82) is 0 Å². The van der Waals surface area contributed by atoms with Gasteiger partial charge >= 0.3 is 6.09 Å². The lowest BCUT2D eigenvalue weighted by molar-refractivity contribution is -0.385. The Labute approximate surface area is 139 Å². The van der Waals surface area contributed by atoms with Crippen LogP contribution in [0.1, 0.15) is 31.2 Å². The first kappa shape index (κ1) is 17.7. The molecule has 8 heteroatoms. The number of likely N-dealkylation sites (tertiary alicyclic amines) is 1. The van der Waals surface area contributed by atoms with Crippen molar-refractivity contribution >= 4 is 17.7 Å². The van der Waals surface area contributed by atoms with Crippen molar-refractivity contribution in [2.45, 2.75) is 25.7 Å². The fourth-order valence-electron chi connectivity index (χ4n) is 2.64. The van der Waals surface area contributed by atoms with Gasteiger partial charge in [-0.3, -0.25) is 14.9 Å². The number of rotatable bonds is 6. The number of hydrogen-bond donors (Lipinski definition) is 1. The number of nitro groups is 1. The van der Waals surface area contributed by atoms with Crippen LogP contribution in [-0.2, 0) is 9.53 Å². The van der Waals surface area contributed by atoms with Gasteiger partial charge in [0.05, 0.1) is 4.92 Å². The van der Waals surface area contributed by atoms with Crippen molar-refractivity contribution in [3.8, 4) is 0 Å². The van der Waals surface area contributed by atoms with Gasteiger partial charge in [0, 0.05) is 30.6 Å². The maximum absolute atomic E-state index is 11.8. The summed E-state index contributed by atoms with van der Waals surface area (Å²) in [5.41, 5.74) is 0.502. The highest BCUT2D eigenvalue weighted by Gasteiger charge is 2.21. The van der Waals surface area contributed by atoms with E-state index in [9.17, 15) is 19.7 Å². The number of nitro benzene ring substituents is 1. The van der Waals surface area contributed by atoms with Gasteiger partial charge in [-0.15, -0.1) is 0 Å². The predicted molar refractivity (Wildman–Crippen MR) is 86.7 cm³/mol. The topological polar surface area (TPSA) is 102 Å². The van der Waals surface area contributed by atoms with E-state index in [4.69, 9.17) is 4.74 Å². The Hall–Kier alpha value is -2.64. The average molecular weight is 335 g/mol. The zero-order valence-electron chi connectivity index (χ0n) is 13.6. The zero-order valence-corrected chi connectivity index (χ0v) is 13.6. The minimum Gasteiger partial charge on any atom is -0.449 e. The quantitative estimate of drug-likeness (QED) is 0.633.